The Kier molecular flexibility index (Phi) is 5.69. The van der Waals surface area contributed by atoms with E-state index < -0.39 is 19.5 Å². The van der Waals surface area contributed by atoms with E-state index in [1.165, 1.54) is 0 Å². The predicted molar refractivity (Wildman–Crippen MR) is 36.5 cm³/mol. The second-order valence-corrected chi connectivity index (χ2v) is 6.23. The molecule has 0 heterocycles. The van der Waals surface area contributed by atoms with Gasteiger partial charge in [0.25, 0.3) is 0 Å². The van der Waals surface area contributed by atoms with E-state index in [0.29, 0.717) is 0 Å². The van der Waals surface area contributed by atoms with Gasteiger partial charge in [-0.2, -0.15) is 0 Å². The van der Waals surface area contributed by atoms with Crippen LogP contribution in [0.5, 0.6) is 0 Å². The van der Waals surface area contributed by atoms with Crippen LogP contribution in [0.1, 0.15) is 13.3 Å². The molecule has 0 aliphatic heterocycles. The topological polar surface area (TPSA) is 17.1 Å². The summed E-state index contributed by atoms with van der Waals surface area (Å²) in [6.45, 7) is 5.59. The molecule has 0 bridgehead atoms. The Bertz CT molecular complexity index is 88.5. The second kappa shape index (κ2) is 5.47. The Balaban J connectivity index is 3.18. The maximum absolute atomic E-state index is 10.8. The third-order valence-corrected chi connectivity index (χ3v) is 4.93. The molecule has 0 rings (SSSR count). The van der Waals surface area contributed by atoms with Gasteiger partial charge in [0, 0.05) is 0 Å². The van der Waals surface area contributed by atoms with Gasteiger partial charge in [-0.05, 0) is 0 Å². The van der Waals surface area contributed by atoms with Crippen LogP contribution < -0.4 is 0 Å². The molecule has 1 nitrogen and oxygen atoms in total. The molecular weight excluding hydrogens is 216 g/mol. The van der Waals surface area contributed by atoms with Crippen LogP contribution in [0, 0.1) is 0 Å². The third-order valence-electron chi connectivity index (χ3n) is 0.736. The van der Waals surface area contributed by atoms with Gasteiger partial charge in [0.1, 0.15) is 0 Å². The van der Waals surface area contributed by atoms with Crippen molar-refractivity contribution in [1.82, 2.24) is 0 Å². The van der Waals surface area contributed by atoms with Gasteiger partial charge < -0.3 is 0 Å². The Morgan fingerprint density at radius 1 is 1.75 bits per heavy atom. The van der Waals surface area contributed by atoms with Gasteiger partial charge in [-0.25, -0.2) is 0 Å². The van der Waals surface area contributed by atoms with Crippen molar-refractivity contribution >= 4 is 19.5 Å². The Hall–Kier alpha value is 0.330. The first-order valence-electron chi connectivity index (χ1n) is 2.77. The number of allylic oxidation sites excluding steroid dienone is 1. The van der Waals surface area contributed by atoms with Gasteiger partial charge >= 0.3 is 57.6 Å². The molecule has 0 aliphatic carbocycles. The zero-order valence-corrected chi connectivity index (χ0v) is 7.55. The van der Waals surface area contributed by atoms with Crippen LogP contribution in [0.25, 0.3) is 0 Å². The molecule has 0 unspecified atom stereocenters. The average molecular weight is 228 g/mol. The molecule has 0 aromatic carbocycles. The molecule has 0 spiro atoms. The van der Waals surface area contributed by atoms with Crippen LogP contribution in [0.3, 0.4) is 0 Å². The summed E-state index contributed by atoms with van der Waals surface area (Å²) in [5.41, 5.74) is 0. The first-order valence-corrected chi connectivity index (χ1v) is 7.01. The number of hydrogen-bond donors (Lipinski definition) is 0. The van der Waals surface area contributed by atoms with Crippen molar-refractivity contribution in [2.24, 2.45) is 0 Å². The van der Waals surface area contributed by atoms with Crippen molar-refractivity contribution in [3.63, 3.8) is 0 Å². The SMILES string of the molecule is C=CC[Te](=O)CCC. The average Bonchev–Trinajstić information content (AvgIpc) is 1.68. The summed E-state index contributed by atoms with van der Waals surface area (Å²) in [5, 5.41) is 0. The van der Waals surface area contributed by atoms with Crippen molar-refractivity contribution in [1.29, 1.82) is 0 Å². The standard InChI is InChI=1S/C6H12OTe/c1-3-5-8(7)6-4-2/h3H,1,4-6H2,2H3. The molecule has 0 aliphatic rings. The molecule has 0 atom stereocenters. The normalized spacial score (nSPS) is 9.75. The summed E-state index contributed by atoms with van der Waals surface area (Å²) in [7, 11) is 0. The minimum atomic E-state index is -1.83. The van der Waals surface area contributed by atoms with Crippen molar-refractivity contribution in [2.75, 3.05) is 0 Å². The van der Waals surface area contributed by atoms with Crippen LogP contribution in [0.4, 0.5) is 0 Å². The van der Waals surface area contributed by atoms with Gasteiger partial charge in [0.15, 0.2) is 0 Å². The Morgan fingerprint density at radius 2 is 2.38 bits per heavy atom. The number of rotatable bonds is 4. The van der Waals surface area contributed by atoms with Gasteiger partial charge in [-0.1, -0.05) is 0 Å². The molecule has 2 heteroatoms. The fourth-order valence-corrected chi connectivity index (χ4v) is 2.97. The summed E-state index contributed by atoms with van der Waals surface area (Å²) >= 11 is -1.83. The van der Waals surface area contributed by atoms with E-state index in [2.05, 4.69) is 13.5 Å². The molecule has 0 radical (unpaired) electrons. The van der Waals surface area contributed by atoms with Crippen molar-refractivity contribution < 1.29 is 3.10 Å². The van der Waals surface area contributed by atoms with Crippen molar-refractivity contribution in [3.05, 3.63) is 12.7 Å². The number of hydrogen-bond acceptors (Lipinski definition) is 1. The van der Waals surface area contributed by atoms with Crippen LogP contribution >= 0.6 is 0 Å². The minimum absolute atomic E-state index is 0.789. The molecule has 8 heavy (non-hydrogen) atoms. The van der Waals surface area contributed by atoms with E-state index in [-0.39, 0.29) is 0 Å². The zero-order chi connectivity index (χ0) is 6.41. The van der Waals surface area contributed by atoms with Crippen LogP contribution in [0.2, 0.25) is 8.94 Å². The van der Waals surface area contributed by atoms with Gasteiger partial charge in [-0.3, -0.25) is 0 Å². The fraction of sp³-hybridized carbons (Fsp3) is 0.667. The molecule has 0 N–H and O–H groups in total. The summed E-state index contributed by atoms with van der Waals surface area (Å²) in [5.74, 6) is 0. The molecule has 0 saturated carbocycles. The van der Waals surface area contributed by atoms with Gasteiger partial charge in [-0.15, -0.1) is 0 Å². The maximum atomic E-state index is 10.8. The van der Waals surface area contributed by atoms with Gasteiger partial charge in [0.05, 0.1) is 0 Å². The molecule has 0 amide bonds. The Labute approximate surface area is 57.8 Å². The summed E-state index contributed by atoms with van der Waals surface area (Å²) in [6, 6.07) is 0. The third kappa shape index (κ3) is 4.49. The molecule has 48 valence electrons. The van der Waals surface area contributed by atoms with Crippen LogP contribution in [0.15, 0.2) is 12.7 Å². The van der Waals surface area contributed by atoms with Crippen molar-refractivity contribution in [3.8, 4) is 0 Å². The molecule has 0 fully saturated rings. The second-order valence-electron chi connectivity index (χ2n) is 1.60. The monoisotopic (exact) mass is 230 g/mol. The quantitative estimate of drug-likeness (QED) is 0.531. The summed E-state index contributed by atoms with van der Waals surface area (Å²) in [4.78, 5) is 0. The van der Waals surface area contributed by atoms with E-state index in [0.717, 1.165) is 15.4 Å². The molecular formula is C6H12OTe. The van der Waals surface area contributed by atoms with E-state index in [1.807, 2.05) is 0 Å². The first kappa shape index (κ1) is 8.33. The van der Waals surface area contributed by atoms with E-state index in [9.17, 15) is 3.10 Å². The first-order chi connectivity index (χ1) is 3.81. The summed E-state index contributed by atoms with van der Waals surface area (Å²) < 4.78 is 12.6. The van der Waals surface area contributed by atoms with E-state index in [4.69, 9.17) is 0 Å². The van der Waals surface area contributed by atoms with Gasteiger partial charge in [0.2, 0.25) is 0 Å². The van der Waals surface area contributed by atoms with Crippen LogP contribution in [-0.4, -0.2) is 19.5 Å². The fourth-order valence-electron chi connectivity index (χ4n) is 0.442. The zero-order valence-electron chi connectivity index (χ0n) is 5.22. The van der Waals surface area contributed by atoms with Crippen molar-refractivity contribution in [2.45, 2.75) is 22.3 Å². The Morgan fingerprint density at radius 3 is 2.75 bits per heavy atom. The van der Waals surface area contributed by atoms with Crippen LogP contribution in [-0.2, 0) is 3.10 Å². The molecule has 0 aromatic rings. The predicted octanol–water partition coefficient (Wildman–Crippen LogP) is 2.00. The molecule has 0 saturated heterocycles. The molecule has 0 aromatic heterocycles. The van der Waals surface area contributed by atoms with E-state index in [1.54, 1.807) is 6.08 Å². The van der Waals surface area contributed by atoms with E-state index >= 15 is 0 Å². The summed E-state index contributed by atoms with van der Waals surface area (Å²) in [6.07, 6.45) is 2.83.